The minimum absolute atomic E-state index is 0.0815. The number of carbonyl (C=O) groups excluding carboxylic acids is 2. The van der Waals surface area contributed by atoms with Crippen molar-refractivity contribution in [2.24, 2.45) is 0 Å². The molecule has 29 heavy (non-hydrogen) atoms. The van der Waals surface area contributed by atoms with Crippen molar-refractivity contribution in [3.8, 4) is 11.5 Å². The molecule has 0 radical (unpaired) electrons. The third-order valence-electron chi connectivity index (χ3n) is 4.64. The summed E-state index contributed by atoms with van der Waals surface area (Å²) in [7, 11) is 4.52. The van der Waals surface area contributed by atoms with E-state index < -0.39 is 5.97 Å². The number of methoxy groups -OCH3 is 3. The third kappa shape index (κ3) is 4.92. The fraction of sp³-hybridized carbons (Fsp3) is 0.429. The number of Topliss-reactive ketones (excluding diaryl/α,β-unsaturated/α-hetero) is 1. The van der Waals surface area contributed by atoms with Gasteiger partial charge in [0.05, 0.1) is 37.5 Å². The van der Waals surface area contributed by atoms with E-state index in [1.807, 2.05) is 25.3 Å². The van der Waals surface area contributed by atoms with Gasteiger partial charge in [-0.15, -0.1) is 0 Å². The Kier molecular flexibility index (Phi) is 7.70. The summed E-state index contributed by atoms with van der Waals surface area (Å²) in [5.74, 6) is -0.343. The van der Waals surface area contributed by atoms with Gasteiger partial charge in [-0.05, 0) is 39.0 Å². The minimum Gasteiger partial charge on any atom is -0.493 e. The highest BCUT2D eigenvalue weighted by atomic mass is 35.5. The maximum Gasteiger partial charge on any atom is 0.338 e. The van der Waals surface area contributed by atoms with E-state index >= 15 is 0 Å². The van der Waals surface area contributed by atoms with E-state index in [0.29, 0.717) is 23.7 Å². The maximum atomic E-state index is 12.6. The molecular formula is C21H26ClNO6. The number of aromatic nitrogens is 1. The molecule has 0 saturated heterocycles. The number of benzene rings is 1. The summed E-state index contributed by atoms with van der Waals surface area (Å²) in [4.78, 5) is 25.0. The molecule has 0 spiro atoms. The van der Waals surface area contributed by atoms with Crippen LogP contribution in [0.2, 0.25) is 5.02 Å². The fourth-order valence-electron chi connectivity index (χ4n) is 3.38. The molecule has 0 aliphatic carbocycles. The van der Waals surface area contributed by atoms with Crippen LogP contribution < -0.4 is 9.47 Å². The molecule has 2 rings (SSSR count). The summed E-state index contributed by atoms with van der Waals surface area (Å²) in [6.45, 7) is 5.95. The number of halogens is 1. The molecule has 0 fully saturated rings. The molecule has 7 nitrogen and oxygen atoms in total. The molecule has 158 valence electrons. The number of nitrogens with zero attached hydrogens (tertiary/aromatic N) is 1. The predicted octanol–water partition coefficient (Wildman–Crippen LogP) is 4.02. The van der Waals surface area contributed by atoms with Crippen LogP contribution in [0, 0.1) is 13.8 Å². The predicted molar refractivity (Wildman–Crippen MR) is 110 cm³/mol. The van der Waals surface area contributed by atoms with Gasteiger partial charge in [0.15, 0.2) is 18.1 Å². The number of ether oxygens (including phenoxy) is 4. The molecule has 0 amide bonds. The van der Waals surface area contributed by atoms with Gasteiger partial charge in [-0.3, -0.25) is 4.79 Å². The van der Waals surface area contributed by atoms with Gasteiger partial charge in [0.25, 0.3) is 0 Å². The van der Waals surface area contributed by atoms with Crippen LogP contribution in [0.1, 0.15) is 45.1 Å². The Morgan fingerprint density at radius 2 is 1.79 bits per heavy atom. The molecule has 0 aliphatic heterocycles. The van der Waals surface area contributed by atoms with Crippen LogP contribution >= 0.6 is 11.6 Å². The maximum absolute atomic E-state index is 12.6. The lowest BCUT2D eigenvalue weighted by atomic mass is 10.1. The standard InChI is InChI=1S/C21H26ClNO6/c1-12-7-16(14(3)23(12)13(2)10-26-4)18(24)11-29-21(25)15-8-17(22)20(28-6)19(9-15)27-5/h7-9,13H,10-11H2,1-6H3/t13-/m0/s1. The van der Waals surface area contributed by atoms with E-state index in [0.717, 1.165) is 11.4 Å². The number of hydrogen-bond donors (Lipinski definition) is 0. The van der Waals surface area contributed by atoms with Crippen LogP contribution in [-0.4, -0.2) is 50.9 Å². The Morgan fingerprint density at radius 3 is 2.38 bits per heavy atom. The van der Waals surface area contributed by atoms with Gasteiger partial charge in [0, 0.05) is 24.1 Å². The highest BCUT2D eigenvalue weighted by molar-refractivity contribution is 6.32. The second kappa shape index (κ2) is 9.80. The average Bonchev–Trinajstić information content (AvgIpc) is 2.99. The van der Waals surface area contributed by atoms with Crippen molar-refractivity contribution in [1.82, 2.24) is 4.57 Å². The van der Waals surface area contributed by atoms with E-state index in [1.165, 1.54) is 26.4 Å². The monoisotopic (exact) mass is 423 g/mol. The Hall–Kier alpha value is -2.51. The first-order chi connectivity index (χ1) is 13.7. The second-order valence-electron chi connectivity index (χ2n) is 6.65. The van der Waals surface area contributed by atoms with Crippen LogP contribution in [-0.2, 0) is 9.47 Å². The van der Waals surface area contributed by atoms with Crippen LogP contribution in [0.4, 0.5) is 0 Å². The summed E-state index contributed by atoms with van der Waals surface area (Å²) in [5.41, 5.74) is 2.43. The van der Waals surface area contributed by atoms with Gasteiger partial charge in [0.1, 0.15) is 0 Å². The molecule has 2 aromatic rings. The highest BCUT2D eigenvalue weighted by Crippen LogP contribution is 2.36. The first kappa shape index (κ1) is 22.8. The van der Waals surface area contributed by atoms with Gasteiger partial charge >= 0.3 is 5.97 Å². The fourth-order valence-corrected chi connectivity index (χ4v) is 3.67. The molecule has 8 heteroatoms. The molecule has 1 aromatic carbocycles. The first-order valence-corrected chi connectivity index (χ1v) is 9.42. The number of carbonyl (C=O) groups is 2. The normalized spacial score (nSPS) is 11.8. The Morgan fingerprint density at radius 1 is 1.10 bits per heavy atom. The summed E-state index contributed by atoms with van der Waals surface area (Å²) < 4.78 is 22.8. The van der Waals surface area contributed by atoms with E-state index in [4.69, 9.17) is 30.5 Å². The van der Waals surface area contributed by atoms with Crippen molar-refractivity contribution >= 4 is 23.4 Å². The van der Waals surface area contributed by atoms with Crippen molar-refractivity contribution in [2.75, 3.05) is 34.5 Å². The van der Waals surface area contributed by atoms with Gasteiger partial charge < -0.3 is 23.5 Å². The average molecular weight is 424 g/mol. The zero-order valence-electron chi connectivity index (χ0n) is 17.5. The third-order valence-corrected chi connectivity index (χ3v) is 4.92. The number of hydrogen-bond acceptors (Lipinski definition) is 6. The first-order valence-electron chi connectivity index (χ1n) is 9.04. The molecular weight excluding hydrogens is 398 g/mol. The smallest absolute Gasteiger partial charge is 0.338 e. The van der Waals surface area contributed by atoms with Gasteiger partial charge in [-0.1, -0.05) is 11.6 Å². The van der Waals surface area contributed by atoms with E-state index in [1.54, 1.807) is 13.2 Å². The van der Waals surface area contributed by atoms with Crippen molar-refractivity contribution in [3.05, 3.63) is 45.7 Å². The molecule has 0 unspecified atom stereocenters. The van der Waals surface area contributed by atoms with E-state index in [9.17, 15) is 9.59 Å². The van der Waals surface area contributed by atoms with E-state index in [2.05, 4.69) is 0 Å². The van der Waals surface area contributed by atoms with Crippen molar-refractivity contribution < 1.29 is 28.5 Å². The summed E-state index contributed by atoms with van der Waals surface area (Å²) in [6, 6.07) is 4.74. The number of rotatable bonds is 9. The summed E-state index contributed by atoms with van der Waals surface area (Å²) >= 11 is 6.12. The lowest BCUT2D eigenvalue weighted by molar-refractivity contribution is 0.0474. The Balaban J connectivity index is 2.15. The van der Waals surface area contributed by atoms with Crippen LogP contribution in [0.5, 0.6) is 11.5 Å². The second-order valence-corrected chi connectivity index (χ2v) is 7.06. The van der Waals surface area contributed by atoms with Gasteiger partial charge in [-0.25, -0.2) is 4.79 Å². The molecule has 0 N–H and O–H groups in total. The lowest BCUT2D eigenvalue weighted by Crippen LogP contribution is -2.17. The number of ketones is 1. The summed E-state index contributed by atoms with van der Waals surface area (Å²) in [6.07, 6.45) is 0. The molecule has 1 aromatic heterocycles. The summed E-state index contributed by atoms with van der Waals surface area (Å²) in [5, 5.41) is 0.209. The largest absolute Gasteiger partial charge is 0.493 e. The SMILES string of the molecule is COC[C@H](C)n1c(C)cc(C(=O)COC(=O)c2cc(Cl)c(OC)c(OC)c2)c1C. The molecule has 1 heterocycles. The Labute approximate surface area is 175 Å². The van der Waals surface area contributed by atoms with Crippen molar-refractivity contribution in [3.63, 3.8) is 0 Å². The zero-order chi connectivity index (χ0) is 21.7. The van der Waals surface area contributed by atoms with Gasteiger partial charge in [0.2, 0.25) is 5.78 Å². The van der Waals surface area contributed by atoms with Crippen LogP contribution in [0.3, 0.4) is 0 Å². The van der Waals surface area contributed by atoms with Gasteiger partial charge in [-0.2, -0.15) is 0 Å². The zero-order valence-corrected chi connectivity index (χ0v) is 18.3. The molecule has 0 saturated carbocycles. The Bertz CT molecular complexity index is 905. The van der Waals surface area contributed by atoms with Crippen LogP contribution in [0.25, 0.3) is 0 Å². The quantitative estimate of drug-likeness (QED) is 0.448. The van der Waals surface area contributed by atoms with Crippen molar-refractivity contribution in [1.29, 1.82) is 0 Å². The van der Waals surface area contributed by atoms with E-state index in [-0.39, 0.29) is 29.0 Å². The highest BCUT2D eigenvalue weighted by Gasteiger charge is 2.21. The molecule has 0 bridgehead atoms. The molecule has 1 atom stereocenters. The number of esters is 1. The van der Waals surface area contributed by atoms with Crippen molar-refractivity contribution in [2.45, 2.75) is 26.8 Å². The topological polar surface area (TPSA) is 76.0 Å². The van der Waals surface area contributed by atoms with Crippen LogP contribution in [0.15, 0.2) is 18.2 Å². The minimum atomic E-state index is -0.678. The molecule has 0 aliphatic rings. The number of aryl methyl sites for hydroxylation is 1. The lowest BCUT2D eigenvalue weighted by Gasteiger charge is -2.17.